The Labute approximate surface area is 181 Å². The van der Waals surface area contributed by atoms with Crippen LogP contribution in [0.3, 0.4) is 0 Å². The molecule has 0 spiro atoms. The zero-order valence-electron chi connectivity index (χ0n) is 17.5. The molecule has 1 fully saturated rings. The van der Waals surface area contributed by atoms with Gasteiger partial charge in [0.2, 0.25) is 0 Å². The summed E-state index contributed by atoms with van der Waals surface area (Å²) in [6.07, 6.45) is 2.36. The van der Waals surface area contributed by atoms with E-state index in [9.17, 15) is 9.59 Å². The van der Waals surface area contributed by atoms with Gasteiger partial charge in [-0.3, -0.25) is 9.59 Å². The van der Waals surface area contributed by atoms with Gasteiger partial charge in [-0.25, -0.2) is 0 Å². The van der Waals surface area contributed by atoms with E-state index in [4.69, 9.17) is 25.5 Å². The van der Waals surface area contributed by atoms with Crippen molar-refractivity contribution < 1.29 is 23.5 Å². The fourth-order valence-corrected chi connectivity index (χ4v) is 3.50. The number of hydrogen-bond donors (Lipinski definition) is 0. The van der Waals surface area contributed by atoms with Gasteiger partial charge in [-0.05, 0) is 36.6 Å². The Morgan fingerprint density at radius 3 is 2.37 bits per heavy atom. The maximum Gasteiger partial charge on any atom is 0.289 e. The first-order chi connectivity index (χ1) is 14.4. The van der Waals surface area contributed by atoms with E-state index in [1.165, 1.54) is 13.4 Å². The molecule has 1 saturated heterocycles. The van der Waals surface area contributed by atoms with Crippen molar-refractivity contribution in [2.75, 3.05) is 39.9 Å². The van der Waals surface area contributed by atoms with Gasteiger partial charge in [0.15, 0.2) is 17.3 Å². The zero-order valence-corrected chi connectivity index (χ0v) is 18.3. The van der Waals surface area contributed by atoms with Crippen LogP contribution in [0.25, 0.3) is 0 Å². The fourth-order valence-electron chi connectivity index (χ4n) is 3.23. The predicted molar refractivity (Wildman–Crippen MR) is 113 cm³/mol. The minimum Gasteiger partial charge on any atom is -0.493 e. The SMILES string of the molecule is COc1cc(C(=O)N2CCN(C(=O)c3ccco3)CC2)cc(Cl)c1OCCC(C)C. The van der Waals surface area contributed by atoms with Crippen molar-refractivity contribution in [3.05, 3.63) is 46.9 Å². The molecule has 2 aromatic rings. The maximum absolute atomic E-state index is 13.0. The molecule has 0 aliphatic carbocycles. The molecule has 2 amide bonds. The van der Waals surface area contributed by atoms with Gasteiger partial charge in [-0.15, -0.1) is 0 Å². The van der Waals surface area contributed by atoms with E-state index < -0.39 is 0 Å². The predicted octanol–water partition coefficient (Wildman–Crippen LogP) is 3.96. The molecule has 0 unspecified atom stereocenters. The van der Waals surface area contributed by atoms with Crippen molar-refractivity contribution in [3.8, 4) is 11.5 Å². The van der Waals surface area contributed by atoms with Crippen LogP contribution in [-0.2, 0) is 0 Å². The van der Waals surface area contributed by atoms with Crippen LogP contribution in [0.15, 0.2) is 34.9 Å². The fraction of sp³-hybridized carbons (Fsp3) is 0.455. The third-order valence-corrected chi connectivity index (χ3v) is 5.28. The number of nitrogens with zero attached hydrogens (tertiary/aromatic N) is 2. The summed E-state index contributed by atoms with van der Waals surface area (Å²) in [7, 11) is 1.52. The van der Waals surface area contributed by atoms with Gasteiger partial charge in [0.25, 0.3) is 11.8 Å². The van der Waals surface area contributed by atoms with E-state index in [-0.39, 0.29) is 11.8 Å². The summed E-state index contributed by atoms with van der Waals surface area (Å²) in [4.78, 5) is 28.8. The molecule has 8 heteroatoms. The normalized spacial score (nSPS) is 14.2. The lowest BCUT2D eigenvalue weighted by Gasteiger charge is -2.34. The molecule has 7 nitrogen and oxygen atoms in total. The van der Waals surface area contributed by atoms with Crippen LogP contribution in [0.1, 0.15) is 41.2 Å². The summed E-state index contributed by atoms with van der Waals surface area (Å²) in [6, 6.07) is 6.58. The largest absolute Gasteiger partial charge is 0.493 e. The van der Waals surface area contributed by atoms with Gasteiger partial charge in [-0.1, -0.05) is 25.4 Å². The molecule has 0 radical (unpaired) electrons. The summed E-state index contributed by atoms with van der Waals surface area (Å²) in [6.45, 7) is 6.49. The number of halogens is 1. The van der Waals surface area contributed by atoms with E-state index in [0.29, 0.717) is 66.5 Å². The lowest BCUT2D eigenvalue weighted by molar-refractivity contribution is 0.0518. The van der Waals surface area contributed by atoms with Crippen LogP contribution in [0.2, 0.25) is 5.02 Å². The number of furan rings is 1. The number of benzene rings is 1. The van der Waals surface area contributed by atoms with Gasteiger partial charge >= 0.3 is 0 Å². The lowest BCUT2D eigenvalue weighted by Crippen LogP contribution is -2.50. The van der Waals surface area contributed by atoms with Gasteiger partial charge in [0, 0.05) is 31.7 Å². The Kier molecular flexibility index (Phi) is 7.26. The standard InChI is InChI=1S/C22H27ClN2O5/c1-15(2)6-12-30-20-17(23)13-16(14-19(20)28-3)21(26)24-7-9-25(10-8-24)22(27)18-5-4-11-29-18/h4-5,11,13-15H,6-10,12H2,1-3H3. The number of methoxy groups -OCH3 is 1. The second-order valence-corrected chi connectivity index (χ2v) is 7.99. The van der Waals surface area contributed by atoms with Crippen molar-refractivity contribution in [1.82, 2.24) is 9.80 Å². The molecular formula is C22H27ClN2O5. The van der Waals surface area contributed by atoms with Gasteiger partial charge < -0.3 is 23.7 Å². The monoisotopic (exact) mass is 434 g/mol. The zero-order chi connectivity index (χ0) is 21.7. The maximum atomic E-state index is 13.0. The summed E-state index contributed by atoms with van der Waals surface area (Å²) in [5.41, 5.74) is 0.430. The number of carbonyl (C=O) groups excluding carboxylic acids is 2. The van der Waals surface area contributed by atoms with Crippen molar-refractivity contribution in [3.63, 3.8) is 0 Å². The third-order valence-electron chi connectivity index (χ3n) is 5.00. The molecule has 0 N–H and O–H groups in total. The number of amides is 2. The average molecular weight is 435 g/mol. The quantitative estimate of drug-likeness (QED) is 0.659. The van der Waals surface area contributed by atoms with Gasteiger partial charge in [-0.2, -0.15) is 0 Å². The topological polar surface area (TPSA) is 72.2 Å². The molecular weight excluding hydrogens is 408 g/mol. The van der Waals surface area contributed by atoms with Crippen LogP contribution >= 0.6 is 11.6 Å². The number of ether oxygens (including phenoxy) is 2. The molecule has 3 rings (SSSR count). The van der Waals surface area contributed by atoms with Crippen LogP contribution in [0, 0.1) is 5.92 Å². The molecule has 0 bridgehead atoms. The summed E-state index contributed by atoms with van der Waals surface area (Å²) < 4.78 is 16.4. The van der Waals surface area contributed by atoms with Gasteiger partial charge in [0.1, 0.15) is 0 Å². The average Bonchev–Trinajstić information content (AvgIpc) is 3.28. The highest BCUT2D eigenvalue weighted by Crippen LogP contribution is 2.37. The van der Waals surface area contributed by atoms with Crippen LogP contribution in [0.4, 0.5) is 0 Å². The Bertz CT molecular complexity index is 874. The summed E-state index contributed by atoms with van der Waals surface area (Å²) >= 11 is 6.39. The second-order valence-electron chi connectivity index (χ2n) is 7.58. The molecule has 1 aromatic heterocycles. The van der Waals surface area contributed by atoms with E-state index in [0.717, 1.165) is 6.42 Å². The molecule has 2 heterocycles. The first-order valence-electron chi connectivity index (χ1n) is 10.0. The first kappa shape index (κ1) is 22.0. The molecule has 0 atom stereocenters. The van der Waals surface area contributed by atoms with Crippen LogP contribution in [0.5, 0.6) is 11.5 Å². The van der Waals surface area contributed by atoms with Crippen molar-refractivity contribution in [2.24, 2.45) is 5.92 Å². The van der Waals surface area contributed by atoms with E-state index >= 15 is 0 Å². The molecule has 1 aliphatic heterocycles. The van der Waals surface area contributed by atoms with Crippen LogP contribution in [-0.4, -0.2) is 61.5 Å². The van der Waals surface area contributed by atoms with E-state index in [2.05, 4.69) is 13.8 Å². The smallest absolute Gasteiger partial charge is 0.289 e. The minimum absolute atomic E-state index is 0.158. The lowest BCUT2D eigenvalue weighted by atomic mass is 10.1. The summed E-state index contributed by atoms with van der Waals surface area (Å²) in [5.74, 6) is 1.37. The Morgan fingerprint density at radius 2 is 1.80 bits per heavy atom. The molecule has 30 heavy (non-hydrogen) atoms. The highest BCUT2D eigenvalue weighted by atomic mass is 35.5. The second kappa shape index (κ2) is 9.89. The van der Waals surface area contributed by atoms with Crippen molar-refractivity contribution >= 4 is 23.4 Å². The Balaban J connectivity index is 1.65. The Morgan fingerprint density at radius 1 is 1.13 bits per heavy atom. The molecule has 1 aliphatic rings. The summed E-state index contributed by atoms with van der Waals surface area (Å²) in [5, 5.41) is 0.341. The number of carbonyl (C=O) groups is 2. The highest BCUT2D eigenvalue weighted by molar-refractivity contribution is 6.32. The van der Waals surface area contributed by atoms with E-state index in [1.54, 1.807) is 34.1 Å². The Hall–Kier alpha value is -2.67. The first-order valence-corrected chi connectivity index (χ1v) is 10.4. The third kappa shape index (κ3) is 5.08. The number of rotatable bonds is 7. The molecule has 1 aromatic carbocycles. The van der Waals surface area contributed by atoms with Crippen LogP contribution < -0.4 is 9.47 Å². The number of piperazine rings is 1. The van der Waals surface area contributed by atoms with Gasteiger partial charge in [0.05, 0.1) is 25.0 Å². The molecule has 162 valence electrons. The molecule has 0 saturated carbocycles. The van der Waals surface area contributed by atoms with Crippen molar-refractivity contribution in [2.45, 2.75) is 20.3 Å². The highest BCUT2D eigenvalue weighted by Gasteiger charge is 2.27. The minimum atomic E-state index is -0.167. The van der Waals surface area contributed by atoms with Crippen molar-refractivity contribution in [1.29, 1.82) is 0 Å². The number of hydrogen-bond acceptors (Lipinski definition) is 5. The van der Waals surface area contributed by atoms with E-state index in [1.807, 2.05) is 0 Å².